The summed E-state index contributed by atoms with van der Waals surface area (Å²) in [5.41, 5.74) is 7.31. The number of nitrogens with one attached hydrogen (secondary N) is 1. The lowest BCUT2D eigenvalue weighted by Gasteiger charge is -2.11. The zero-order valence-electron chi connectivity index (χ0n) is 11.3. The third kappa shape index (κ3) is 4.85. The third-order valence-electron chi connectivity index (χ3n) is 2.74. The zero-order valence-corrected chi connectivity index (χ0v) is 11.3. The van der Waals surface area contributed by atoms with E-state index in [0.29, 0.717) is 13.1 Å². The Morgan fingerprint density at radius 1 is 1.33 bits per heavy atom. The molecule has 0 saturated carbocycles. The topological polar surface area (TPSA) is 58.4 Å². The molecule has 0 unspecified atom stereocenters. The lowest BCUT2D eigenvalue weighted by Crippen LogP contribution is -2.28. The van der Waals surface area contributed by atoms with Gasteiger partial charge < -0.3 is 16.0 Å². The molecule has 4 heteroatoms. The highest BCUT2D eigenvalue weighted by molar-refractivity contribution is 5.95. The summed E-state index contributed by atoms with van der Waals surface area (Å²) < 4.78 is 0. The number of carbonyl (C=O) groups excluding carboxylic acids is 1. The van der Waals surface area contributed by atoms with E-state index in [1.165, 1.54) is 0 Å². The van der Waals surface area contributed by atoms with Crippen molar-refractivity contribution in [1.82, 2.24) is 10.2 Å². The van der Waals surface area contributed by atoms with Crippen LogP contribution in [-0.4, -0.2) is 44.5 Å². The summed E-state index contributed by atoms with van der Waals surface area (Å²) in [5, 5.41) is 2.95. The second kappa shape index (κ2) is 7.84. The number of rotatable bonds is 7. The Bertz CT molecular complexity index is 377. The van der Waals surface area contributed by atoms with Crippen LogP contribution in [0.2, 0.25) is 0 Å². The number of nitrogens with zero attached hydrogens (tertiary/aromatic N) is 1. The molecular weight excluding hydrogens is 226 g/mol. The molecule has 1 rings (SSSR count). The molecule has 0 heterocycles. The van der Waals surface area contributed by atoms with E-state index in [9.17, 15) is 4.79 Å². The van der Waals surface area contributed by atoms with Crippen molar-refractivity contribution in [3.8, 4) is 0 Å². The standard InChI is InChI=1S/C14H23N3O/c1-17(2)11-5-10-16-14(18)13-7-4-3-6-12(13)8-9-15/h3-4,6-7H,5,8-11,15H2,1-2H3,(H,16,18). The fraction of sp³-hybridized carbons (Fsp3) is 0.500. The maximum absolute atomic E-state index is 12.0. The Hall–Kier alpha value is -1.39. The molecule has 0 aliphatic rings. The van der Waals surface area contributed by atoms with Crippen molar-refractivity contribution in [3.05, 3.63) is 35.4 Å². The van der Waals surface area contributed by atoms with Crippen LogP contribution in [-0.2, 0) is 6.42 Å². The van der Waals surface area contributed by atoms with Crippen LogP contribution >= 0.6 is 0 Å². The van der Waals surface area contributed by atoms with Gasteiger partial charge in [-0.05, 0) is 51.7 Å². The summed E-state index contributed by atoms with van der Waals surface area (Å²) in [6.07, 6.45) is 1.69. The molecule has 4 nitrogen and oxygen atoms in total. The lowest BCUT2D eigenvalue weighted by atomic mass is 10.0. The van der Waals surface area contributed by atoms with Crippen LogP contribution < -0.4 is 11.1 Å². The van der Waals surface area contributed by atoms with Crippen molar-refractivity contribution in [2.75, 3.05) is 33.7 Å². The molecule has 0 bridgehead atoms. The quantitative estimate of drug-likeness (QED) is 0.705. The second-order valence-corrected chi connectivity index (χ2v) is 4.61. The number of nitrogens with two attached hydrogens (primary N) is 1. The van der Waals surface area contributed by atoms with Crippen molar-refractivity contribution in [1.29, 1.82) is 0 Å². The van der Waals surface area contributed by atoms with Crippen molar-refractivity contribution in [2.45, 2.75) is 12.8 Å². The number of hydrogen-bond donors (Lipinski definition) is 2. The molecule has 1 amide bonds. The Morgan fingerprint density at radius 3 is 2.72 bits per heavy atom. The first kappa shape index (κ1) is 14.7. The second-order valence-electron chi connectivity index (χ2n) is 4.61. The predicted molar refractivity (Wildman–Crippen MR) is 74.7 cm³/mol. The Balaban J connectivity index is 2.50. The molecule has 0 radical (unpaired) electrons. The van der Waals surface area contributed by atoms with E-state index in [4.69, 9.17) is 5.73 Å². The van der Waals surface area contributed by atoms with E-state index in [0.717, 1.165) is 30.5 Å². The molecule has 0 aliphatic heterocycles. The van der Waals surface area contributed by atoms with Gasteiger partial charge in [0.2, 0.25) is 0 Å². The number of carbonyl (C=O) groups is 1. The molecule has 1 aromatic rings. The molecule has 18 heavy (non-hydrogen) atoms. The largest absolute Gasteiger partial charge is 0.352 e. The smallest absolute Gasteiger partial charge is 0.251 e. The average Bonchev–Trinajstić information content (AvgIpc) is 2.35. The normalized spacial score (nSPS) is 10.7. The first-order chi connectivity index (χ1) is 8.65. The van der Waals surface area contributed by atoms with Gasteiger partial charge in [-0.3, -0.25) is 4.79 Å². The summed E-state index contributed by atoms with van der Waals surface area (Å²) >= 11 is 0. The van der Waals surface area contributed by atoms with Gasteiger partial charge in [-0.15, -0.1) is 0 Å². The molecule has 0 aliphatic carbocycles. The zero-order chi connectivity index (χ0) is 13.4. The van der Waals surface area contributed by atoms with Crippen molar-refractivity contribution >= 4 is 5.91 Å². The molecule has 0 fully saturated rings. The molecule has 3 N–H and O–H groups in total. The SMILES string of the molecule is CN(C)CCCNC(=O)c1ccccc1CCN. The van der Waals surface area contributed by atoms with Crippen LogP contribution in [0.4, 0.5) is 0 Å². The van der Waals surface area contributed by atoms with Crippen LogP contribution in [0.1, 0.15) is 22.3 Å². The van der Waals surface area contributed by atoms with Crippen LogP contribution in [0.15, 0.2) is 24.3 Å². The first-order valence-corrected chi connectivity index (χ1v) is 6.36. The van der Waals surface area contributed by atoms with Gasteiger partial charge in [0.1, 0.15) is 0 Å². The van der Waals surface area contributed by atoms with Gasteiger partial charge in [0.25, 0.3) is 5.91 Å². The minimum absolute atomic E-state index is 0.00203. The number of amides is 1. The summed E-state index contributed by atoms with van der Waals surface area (Å²) in [7, 11) is 4.05. The minimum Gasteiger partial charge on any atom is -0.352 e. The fourth-order valence-electron chi connectivity index (χ4n) is 1.81. The monoisotopic (exact) mass is 249 g/mol. The van der Waals surface area contributed by atoms with Gasteiger partial charge in [-0.25, -0.2) is 0 Å². The van der Waals surface area contributed by atoms with E-state index < -0.39 is 0 Å². The van der Waals surface area contributed by atoms with E-state index in [1.54, 1.807) is 0 Å². The maximum Gasteiger partial charge on any atom is 0.251 e. The molecule has 100 valence electrons. The van der Waals surface area contributed by atoms with Gasteiger partial charge in [0, 0.05) is 12.1 Å². The van der Waals surface area contributed by atoms with Gasteiger partial charge >= 0.3 is 0 Å². The Morgan fingerprint density at radius 2 is 2.06 bits per heavy atom. The van der Waals surface area contributed by atoms with Crippen LogP contribution in [0.25, 0.3) is 0 Å². The molecule has 0 spiro atoms. The number of hydrogen-bond acceptors (Lipinski definition) is 3. The van der Waals surface area contributed by atoms with Gasteiger partial charge in [-0.1, -0.05) is 18.2 Å². The molecule has 0 aromatic heterocycles. The molecule has 0 saturated heterocycles. The van der Waals surface area contributed by atoms with Crippen LogP contribution in [0, 0.1) is 0 Å². The third-order valence-corrected chi connectivity index (χ3v) is 2.74. The van der Waals surface area contributed by atoms with E-state index in [2.05, 4.69) is 10.2 Å². The Kier molecular flexibility index (Phi) is 6.39. The van der Waals surface area contributed by atoms with Gasteiger partial charge in [0.05, 0.1) is 0 Å². The van der Waals surface area contributed by atoms with Gasteiger partial charge in [0.15, 0.2) is 0 Å². The predicted octanol–water partition coefficient (Wildman–Crippen LogP) is 0.869. The van der Waals surface area contributed by atoms with E-state index >= 15 is 0 Å². The Labute approximate surface area is 109 Å². The minimum atomic E-state index is -0.00203. The molecular formula is C14H23N3O. The average molecular weight is 249 g/mol. The van der Waals surface area contributed by atoms with Gasteiger partial charge in [-0.2, -0.15) is 0 Å². The highest BCUT2D eigenvalue weighted by Gasteiger charge is 2.09. The summed E-state index contributed by atoms with van der Waals surface area (Å²) in [6, 6.07) is 7.64. The van der Waals surface area contributed by atoms with E-state index in [1.807, 2.05) is 38.4 Å². The first-order valence-electron chi connectivity index (χ1n) is 6.36. The summed E-state index contributed by atoms with van der Waals surface area (Å²) in [6.45, 7) is 2.24. The lowest BCUT2D eigenvalue weighted by molar-refractivity contribution is 0.0951. The van der Waals surface area contributed by atoms with Crippen molar-refractivity contribution in [3.63, 3.8) is 0 Å². The fourth-order valence-corrected chi connectivity index (χ4v) is 1.81. The number of benzene rings is 1. The highest BCUT2D eigenvalue weighted by atomic mass is 16.1. The highest BCUT2D eigenvalue weighted by Crippen LogP contribution is 2.08. The maximum atomic E-state index is 12.0. The van der Waals surface area contributed by atoms with E-state index in [-0.39, 0.29) is 5.91 Å². The van der Waals surface area contributed by atoms with Crippen LogP contribution in [0.3, 0.4) is 0 Å². The molecule has 0 atom stereocenters. The van der Waals surface area contributed by atoms with Crippen LogP contribution in [0.5, 0.6) is 0 Å². The van der Waals surface area contributed by atoms with Crippen molar-refractivity contribution < 1.29 is 4.79 Å². The summed E-state index contributed by atoms with van der Waals surface area (Å²) in [5.74, 6) is -0.00203. The molecule has 1 aromatic carbocycles. The van der Waals surface area contributed by atoms with Crippen molar-refractivity contribution in [2.24, 2.45) is 5.73 Å². The summed E-state index contributed by atoms with van der Waals surface area (Å²) in [4.78, 5) is 14.1.